The number of aromatic nitrogens is 2. The Morgan fingerprint density at radius 1 is 1.64 bits per heavy atom. The Morgan fingerprint density at radius 2 is 2.43 bits per heavy atom. The fourth-order valence-corrected chi connectivity index (χ4v) is 3.68. The average Bonchev–Trinajstić information content (AvgIpc) is 2.73. The second-order valence-corrected chi connectivity index (χ2v) is 6.73. The van der Waals surface area contributed by atoms with Gasteiger partial charge in [0.1, 0.15) is 0 Å². The summed E-state index contributed by atoms with van der Waals surface area (Å²) in [6.45, 7) is 0. The SMILES string of the molecule is O=S(=O)(Cl)c1ccnn1C1CCSC1. The van der Waals surface area contributed by atoms with Crippen LogP contribution in [0.15, 0.2) is 17.3 Å². The molecule has 78 valence electrons. The van der Waals surface area contributed by atoms with Crippen molar-refractivity contribution < 1.29 is 8.42 Å². The van der Waals surface area contributed by atoms with Crippen LogP contribution in [0.5, 0.6) is 0 Å². The van der Waals surface area contributed by atoms with E-state index >= 15 is 0 Å². The lowest BCUT2D eigenvalue weighted by atomic mass is 10.3. The van der Waals surface area contributed by atoms with Crippen LogP contribution in [0.1, 0.15) is 12.5 Å². The predicted octanol–water partition coefficient (Wildman–Crippen LogP) is 1.49. The highest BCUT2D eigenvalue weighted by Gasteiger charge is 2.24. The van der Waals surface area contributed by atoms with Gasteiger partial charge in [-0.25, -0.2) is 13.1 Å². The first-order chi connectivity index (χ1) is 6.59. The van der Waals surface area contributed by atoms with E-state index in [1.807, 2.05) is 0 Å². The van der Waals surface area contributed by atoms with E-state index < -0.39 is 9.05 Å². The van der Waals surface area contributed by atoms with E-state index in [2.05, 4.69) is 5.10 Å². The van der Waals surface area contributed by atoms with Gasteiger partial charge in [-0.3, -0.25) is 0 Å². The highest BCUT2D eigenvalue weighted by atomic mass is 35.7. The molecule has 1 fully saturated rings. The molecule has 0 saturated carbocycles. The van der Waals surface area contributed by atoms with Crippen molar-refractivity contribution in [3.63, 3.8) is 0 Å². The topological polar surface area (TPSA) is 52.0 Å². The minimum Gasteiger partial charge on any atom is -0.249 e. The van der Waals surface area contributed by atoms with Crippen molar-refractivity contribution in [3.05, 3.63) is 12.3 Å². The summed E-state index contributed by atoms with van der Waals surface area (Å²) < 4.78 is 23.9. The Labute approximate surface area is 91.0 Å². The molecule has 0 spiro atoms. The lowest BCUT2D eigenvalue weighted by molar-refractivity contribution is 0.458. The van der Waals surface area contributed by atoms with Gasteiger partial charge in [0, 0.05) is 16.4 Å². The molecule has 0 aromatic carbocycles. The number of hydrogen-bond donors (Lipinski definition) is 0. The molecular weight excluding hydrogens is 244 g/mol. The molecule has 1 aromatic heterocycles. The zero-order valence-corrected chi connectivity index (χ0v) is 9.65. The Kier molecular flexibility index (Phi) is 2.77. The molecule has 2 heterocycles. The van der Waals surface area contributed by atoms with E-state index in [4.69, 9.17) is 10.7 Å². The van der Waals surface area contributed by atoms with Gasteiger partial charge >= 0.3 is 0 Å². The summed E-state index contributed by atoms with van der Waals surface area (Å²) in [7, 11) is 1.62. The maximum atomic E-state index is 11.2. The quantitative estimate of drug-likeness (QED) is 0.749. The molecule has 0 N–H and O–H groups in total. The monoisotopic (exact) mass is 252 g/mol. The number of nitrogens with zero attached hydrogens (tertiary/aromatic N) is 2. The molecule has 4 nitrogen and oxygen atoms in total. The fourth-order valence-electron chi connectivity index (χ4n) is 1.48. The molecule has 1 aromatic rings. The first-order valence-corrected chi connectivity index (χ1v) is 7.61. The van der Waals surface area contributed by atoms with Crippen LogP contribution in [-0.2, 0) is 9.05 Å². The van der Waals surface area contributed by atoms with Gasteiger partial charge in [0.05, 0.1) is 12.2 Å². The Morgan fingerprint density at radius 3 is 3.00 bits per heavy atom. The first-order valence-electron chi connectivity index (χ1n) is 4.15. The number of halogens is 1. The maximum Gasteiger partial charge on any atom is 0.278 e. The number of rotatable bonds is 2. The highest BCUT2D eigenvalue weighted by molar-refractivity contribution is 8.13. The van der Waals surface area contributed by atoms with E-state index in [0.29, 0.717) is 0 Å². The molecule has 14 heavy (non-hydrogen) atoms. The summed E-state index contributed by atoms with van der Waals surface area (Å²) in [5.41, 5.74) is 0. The van der Waals surface area contributed by atoms with Gasteiger partial charge in [0.25, 0.3) is 9.05 Å². The second-order valence-electron chi connectivity index (χ2n) is 3.07. The predicted molar refractivity (Wildman–Crippen MR) is 56.2 cm³/mol. The van der Waals surface area contributed by atoms with E-state index in [-0.39, 0.29) is 11.1 Å². The standard InChI is InChI=1S/C7H9ClN2O2S2/c8-14(11,12)7-1-3-9-10(7)6-2-4-13-5-6/h1,3,6H,2,4-5H2. The first kappa shape index (κ1) is 10.3. The van der Waals surface area contributed by atoms with Crippen molar-refractivity contribution in [1.29, 1.82) is 0 Å². The van der Waals surface area contributed by atoms with E-state index in [9.17, 15) is 8.42 Å². The van der Waals surface area contributed by atoms with Crippen LogP contribution < -0.4 is 0 Å². The summed E-state index contributed by atoms with van der Waals surface area (Å²) in [6, 6.07) is 1.60. The van der Waals surface area contributed by atoms with Gasteiger partial charge in [0.2, 0.25) is 0 Å². The molecule has 0 bridgehead atoms. The molecule has 7 heteroatoms. The van der Waals surface area contributed by atoms with Gasteiger partial charge in [0.15, 0.2) is 5.03 Å². The van der Waals surface area contributed by atoms with Crippen molar-refractivity contribution in [3.8, 4) is 0 Å². The summed E-state index contributed by atoms with van der Waals surface area (Å²) in [5, 5.41) is 4.11. The van der Waals surface area contributed by atoms with Crippen LogP contribution in [0.25, 0.3) is 0 Å². The molecule has 0 radical (unpaired) electrons. The van der Waals surface area contributed by atoms with Crippen LogP contribution in [0.3, 0.4) is 0 Å². The lowest BCUT2D eigenvalue weighted by Crippen LogP contribution is -2.13. The molecule has 1 aliphatic rings. The molecule has 0 amide bonds. The summed E-state index contributed by atoms with van der Waals surface area (Å²) >= 11 is 1.80. The largest absolute Gasteiger partial charge is 0.278 e. The van der Waals surface area contributed by atoms with Gasteiger partial charge in [-0.1, -0.05) is 0 Å². The molecule has 1 unspecified atom stereocenters. The third-order valence-corrected chi connectivity index (χ3v) is 4.58. The molecule has 1 aliphatic heterocycles. The second kappa shape index (κ2) is 3.75. The Bertz CT molecular complexity index is 423. The van der Waals surface area contributed by atoms with E-state index in [1.165, 1.54) is 16.9 Å². The number of thioether (sulfide) groups is 1. The fraction of sp³-hybridized carbons (Fsp3) is 0.571. The van der Waals surface area contributed by atoms with Crippen LogP contribution in [0.2, 0.25) is 0 Å². The zero-order valence-electron chi connectivity index (χ0n) is 7.26. The maximum absolute atomic E-state index is 11.2. The van der Waals surface area contributed by atoms with Gasteiger partial charge in [-0.05, 0) is 18.2 Å². The molecule has 0 aliphatic carbocycles. The van der Waals surface area contributed by atoms with Crippen LogP contribution in [-0.4, -0.2) is 29.7 Å². The normalized spacial score (nSPS) is 22.8. The molecule has 1 saturated heterocycles. The third kappa shape index (κ3) is 1.92. The Hall–Kier alpha value is -0.200. The third-order valence-electron chi connectivity index (χ3n) is 2.14. The van der Waals surface area contributed by atoms with Crippen molar-refractivity contribution in [1.82, 2.24) is 9.78 Å². The van der Waals surface area contributed by atoms with E-state index in [0.717, 1.165) is 17.9 Å². The minimum atomic E-state index is -3.66. The average molecular weight is 253 g/mol. The molecular formula is C7H9ClN2O2S2. The van der Waals surface area contributed by atoms with Gasteiger partial charge < -0.3 is 0 Å². The van der Waals surface area contributed by atoms with E-state index in [1.54, 1.807) is 11.8 Å². The Balaban J connectivity index is 2.39. The summed E-state index contributed by atoms with van der Waals surface area (Å²) in [5.74, 6) is 1.95. The van der Waals surface area contributed by atoms with Gasteiger partial charge in [-0.2, -0.15) is 16.9 Å². The molecule has 2 rings (SSSR count). The van der Waals surface area contributed by atoms with Gasteiger partial charge in [-0.15, -0.1) is 0 Å². The van der Waals surface area contributed by atoms with Crippen molar-refractivity contribution >= 4 is 31.5 Å². The summed E-state index contributed by atoms with van der Waals surface area (Å²) in [4.78, 5) is 0. The zero-order chi connectivity index (χ0) is 10.2. The van der Waals surface area contributed by atoms with Crippen LogP contribution in [0, 0.1) is 0 Å². The highest BCUT2D eigenvalue weighted by Crippen LogP contribution is 2.30. The number of hydrogen-bond acceptors (Lipinski definition) is 4. The van der Waals surface area contributed by atoms with Crippen molar-refractivity contribution in [2.24, 2.45) is 0 Å². The van der Waals surface area contributed by atoms with Crippen LogP contribution in [0.4, 0.5) is 0 Å². The van der Waals surface area contributed by atoms with Crippen molar-refractivity contribution in [2.45, 2.75) is 17.5 Å². The lowest BCUT2D eigenvalue weighted by Gasteiger charge is -2.11. The smallest absolute Gasteiger partial charge is 0.249 e. The molecule has 1 atom stereocenters. The van der Waals surface area contributed by atoms with Crippen molar-refractivity contribution in [2.75, 3.05) is 11.5 Å². The van der Waals surface area contributed by atoms with Crippen LogP contribution >= 0.6 is 22.4 Å². The summed E-state index contributed by atoms with van der Waals surface area (Å²) in [6.07, 6.45) is 2.42. The minimum absolute atomic E-state index is 0.103.